The van der Waals surface area contributed by atoms with Crippen LogP contribution in [0.1, 0.15) is 44.6 Å². The molecule has 1 saturated carbocycles. The highest BCUT2D eigenvalue weighted by molar-refractivity contribution is 9.10. The molecule has 0 aliphatic heterocycles. The Balaban J connectivity index is 1.71. The van der Waals surface area contributed by atoms with Crippen molar-refractivity contribution in [3.63, 3.8) is 0 Å². The number of ether oxygens (including phenoxy) is 1. The van der Waals surface area contributed by atoms with Gasteiger partial charge in [-0.2, -0.15) is 0 Å². The van der Waals surface area contributed by atoms with E-state index in [0.717, 1.165) is 31.2 Å². The number of halogens is 2. The second kappa shape index (κ2) is 12.3. The Bertz CT molecular complexity index is 903. The molecule has 2 aromatic rings. The highest BCUT2D eigenvalue weighted by Crippen LogP contribution is 2.28. The maximum atomic E-state index is 13.2. The van der Waals surface area contributed by atoms with E-state index in [0.29, 0.717) is 34.6 Å². The highest BCUT2D eigenvalue weighted by Gasteiger charge is 2.30. The Morgan fingerprint density at radius 3 is 2.56 bits per heavy atom. The minimum atomic E-state index is -0.524. The van der Waals surface area contributed by atoms with Crippen LogP contribution in [-0.2, 0) is 16.0 Å². The van der Waals surface area contributed by atoms with Gasteiger partial charge in [0, 0.05) is 17.6 Å². The van der Waals surface area contributed by atoms with Crippen LogP contribution in [-0.4, -0.2) is 41.9 Å². The fourth-order valence-electron chi connectivity index (χ4n) is 4.08. The third kappa shape index (κ3) is 6.97. The van der Waals surface area contributed by atoms with Crippen molar-refractivity contribution in [2.75, 3.05) is 13.2 Å². The summed E-state index contributed by atoms with van der Waals surface area (Å²) in [5, 5.41) is 3.74. The Morgan fingerprint density at radius 2 is 1.91 bits per heavy atom. The van der Waals surface area contributed by atoms with Gasteiger partial charge in [-0.25, -0.2) is 0 Å². The van der Waals surface area contributed by atoms with Crippen molar-refractivity contribution in [2.45, 2.75) is 57.5 Å². The van der Waals surface area contributed by atoms with Crippen LogP contribution in [0.4, 0.5) is 0 Å². The van der Waals surface area contributed by atoms with Crippen LogP contribution in [0.2, 0.25) is 5.02 Å². The van der Waals surface area contributed by atoms with Crippen molar-refractivity contribution in [1.29, 1.82) is 0 Å². The van der Waals surface area contributed by atoms with Gasteiger partial charge in [-0.05, 0) is 65.4 Å². The number of nitrogens with zero attached hydrogens (tertiary/aromatic N) is 1. The number of carbonyl (C=O) groups excluding carboxylic acids is 2. The van der Waals surface area contributed by atoms with Gasteiger partial charge in [-0.1, -0.05) is 61.7 Å². The van der Waals surface area contributed by atoms with Crippen LogP contribution < -0.4 is 10.1 Å². The molecule has 1 atom stereocenters. The van der Waals surface area contributed by atoms with E-state index in [4.69, 9.17) is 16.3 Å². The first-order chi connectivity index (χ1) is 15.5. The first-order valence-corrected chi connectivity index (χ1v) is 12.4. The predicted molar refractivity (Wildman–Crippen MR) is 131 cm³/mol. The molecule has 3 rings (SSSR count). The van der Waals surface area contributed by atoms with Crippen LogP contribution in [0.3, 0.4) is 0 Å². The normalized spacial score (nSPS) is 14.7. The monoisotopic (exact) mass is 520 g/mol. The maximum Gasteiger partial charge on any atom is 0.261 e. The summed E-state index contributed by atoms with van der Waals surface area (Å²) in [6.45, 7) is 2.24. The maximum absolute atomic E-state index is 13.2. The van der Waals surface area contributed by atoms with Gasteiger partial charge in [0.05, 0.1) is 4.47 Å². The summed E-state index contributed by atoms with van der Waals surface area (Å²) in [5.74, 6) is 0.249. The quantitative estimate of drug-likeness (QED) is 0.456. The first-order valence-electron chi connectivity index (χ1n) is 11.2. The minimum Gasteiger partial charge on any atom is -0.483 e. The zero-order valence-electron chi connectivity index (χ0n) is 18.4. The smallest absolute Gasteiger partial charge is 0.261 e. The molecule has 7 heteroatoms. The molecular weight excluding hydrogens is 492 g/mol. The van der Waals surface area contributed by atoms with E-state index in [-0.39, 0.29) is 24.5 Å². The van der Waals surface area contributed by atoms with E-state index in [1.807, 2.05) is 37.3 Å². The van der Waals surface area contributed by atoms with Crippen LogP contribution >= 0.6 is 27.5 Å². The fraction of sp³-hybridized carbons (Fsp3) is 0.440. The molecule has 0 radical (unpaired) electrons. The largest absolute Gasteiger partial charge is 0.483 e. The fourth-order valence-corrected chi connectivity index (χ4v) is 4.88. The number of nitrogens with one attached hydrogen (secondary N) is 1. The van der Waals surface area contributed by atoms with E-state index in [1.54, 1.807) is 23.1 Å². The molecular formula is C25H30BrClN2O3. The Kier molecular flexibility index (Phi) is 9.42. The third-order valence-corrected chi connectivity index (χ3v) is 6.67. The molecule has 1 aliphatic carbocycles. The third-order valence-electron chi connectivity index (χ3n) is 5.82. The molecule has 0 saturated heterocycles. The van der Waals surface area contributed by atoms with Gasteiger partial charge >= 0.3 is 0 Å². The van der Waals surface area contributed by atoms with Crippen LogP contribution in [0.15, 0.2) is 53.0 Å². The van der Waals surface area contributed by atoms with E-state index in [1.165, 1.54) is 0 Å². The van der Waals surface area contributed by atoms with Crippen molar-refractivity contribution >= 4 is 39.3 Å². The average molecular weight is 522 g/mol. The number of rotatable bonds is 10. The van der Waals surface area contributed by atoms with Crippen molar-refractivity contribution < 1.29 is 14.3 Å². The molecule has 5 nitrogen and oxygen atoms in total. The summed E-state index contributed by atoms with van der Waals surface area (Å²) in [7, 11) is 0. The molecule has 0 spiro atoms. The van der Waals surface area contributed by atoms with Gasteiger partial charge in [-0.15, -0.1) is 0 Å². The Labute approximate surface area is 203 Å². The Hall–Kier alpha value is -2.05. The second-order valence-electron chi connectivity index (χ2n) is 8.10. The van der Waals surface area contributed by atoms with E-state index in [2.05, 4.69) is 21.2 Å². The molecule has 32 heavy (non-hydrogen) atoms. The first kappa shape index (κ1) is 24.6. The summed E-state index contributed by atoms with van der Waals surface area (Å²) < 4.78 is 6.45. The summed E-state index contributed by atoms with van der Waals surface area (Å²) in [6.07, 6.45) is 5.51. The number of carbonyl (C=O) groups is 2. The van der Waals surface area contributed by atoms with Gasteiger partial charge in [0.1, 0.15) is 11.8 Å². The van der Waals surface area contributed by atoms with Gasteiger partial charge < -0.3 is 15.0 Å². The lowest BCUT2D eigenvalue weighted by Crippen LogP contribution is -2.52. The zero-order valence-corrected chi connectivity index (χ0v) is 20.7. The Morgan fingerprint density at radius 1 is 1.19 bits per heavy atom. The van der Waals surface area contributed by atoms with Crippen LogP contribution in [0.25, 0.3) is 0 Å². The lowest BCUT2D eigenvalue weighted by Gasteiger charge is -2.31. The number of hydrogen-bond acceptors (Lipinski definition) is 3. The van der Waals surface area contributed by atoms with E-state index >= 15 is 0 Å². The summed E-state index contributed by atoms with van der Waals surface area (Å²) in [6, 6.07) is 14.8. The van der Waals surface area contributed by atoms with Crippen molar-refractivity contribution in [1.82, 2.24) is 10.2 Å². The minimum absolute atomic E-state index is 0.0755. The lowest BCUT2D eigenvalue weighted by atomic mass is 10.1. The molecule has 0 aromatic heterocycles. The van der Waals surface area contributed by atoms with Crippen molar-refractivity contribution in [2.24, 2.45) is 0 Å². The second-order valence-corrected chi connectivity index (χ2v) is 9.39. The van der Waals surface area contributed by atoms with Gasteiger partial charge in [0.15, 0.2) is 6.61 Å². The lowest BCUT2D eigenvalue weighted by molar-refractivity contribution is -0.142. The summed E-state index contributed by atoms with van der Waals surface area (Å²) in [4.78, 5) is 28.0. The van der Waals surface area contributed by atoms with Gasteiger partial charge in [0.2, 0.25) is 5.91 Å². The average Bonchev–Trinajstić information content (AvgIpc) is 3.29. The van der Waals surface area contributed by atoms with Crippen molar-refractivity contribution in [3.8, 4) is 5.75 Å². The molecule has 1 N–H and O–H groups in total. The standard InChI is InChI=1S/C25H30BrClN2O3/c1-2-22(25(31)28-20-10-6-7-11-20)29(15-14-18-8-4-3-5-9-18)24(30)17-32-23-13-12-19(27)16-21(23)26/h3-5,8-9,12-13,16,20,22H,2,6-7,10-11,14-15,17H2,1H3,(H,28,31). The molecule has 0 heterocycles. The SMILES string of the molecule is CCC(C(=O)NC1CCCC1)N(CCc1ccccc1)C(=O)COc1ccc(Cl)cc1Br. The number of benzene rings is 2. The van der Waals surface area contributed by atoms with Crippen LogP contribution in [0, 0.1) is 0 Å². The molecule has 1 aliphatic rings. The zero-order chi connectivity index (χ0) is 22.9. The van der Waals surface area contributed by atoms with Crippen molar-refractivity contribution in [3.05, 3.63) is 63.6 Å². The van der Waals surface area contributed by atoms with E-state index in [9.17, 15) is 9.59 Å². The predicted octanol–water partition coefficient (Wildman–Crippen LogP) is 5.39. The van der Waals surface area contributed by atoms with Gasteiger partial charge in [-0.3, -0.25) is 9.59 Å². The summed E-state index contributed by atoms with van der Waals surface area (Å²) >= 11 is 9.40. The molecule has 1 fully saturated rings. The highest BCUT2D eigenvalue weighted by atomic mass is 79.9. The number of hydrogen-bond donors (Lipinski definition) is 1. The topological polar surface area (TPSA) is 58.6 Å². The molecule has 172 valence electrons. The molecule has 2 aromatic carbocycles. The molecule has 0 bridgehead atoms. The van der Waals surface area contributed by atoms with Crippen LogP contribution in [0.5, 0.6) is 5.75 Å². The molecule has 2 amide bonds. The molecule has 1 unspecified atom stereocenters. The van der Waals surface area contributed by atoms with Gasteiger partial charge in [0.25, 0.3) is 5.91 Å². The number of amides is 2. The van der Waals surface area contributed by atoms with E-state index < -0.39 is 6.04 Å². The summed E-state index contributed by atoms with van der Waals surface area (Å²) in [5.41, 5.74) is 1.12.